The second-order valence-electron chi connectivity index (χ2n) is 7.31. The van der Waals surface area contributed by atoms with E-state index >= 15 is 0 Å². The summed E-state index contributed by atoms with van der Waals surface area (Å²) < 4.78 is 7.01. The Balaban J connectivity index is 1.61. The molecule has 0 fully saturated rings. The maximum Gasteiger partial charge on any atom is 0.251 e. The fourth-order valence-electron chi connectivity index (χ4n) is 3.11. The van der Waals surface area contributed by atoms with Crippen LogP contribution in [0.1, 0.15) is 41.6 Å². The molecule has 1 heterocycles. The molecule has 1 atom stereocenters. The third kappa shape index (κ3) is 6.27. The molecule has 2 N–H and O–H groups in total. The van der Waals surface area contributed by atoms with Gasteiger partial charge in [0.1, 0.15) is 5.75 Å². The number of methoxy groups -OCH3 is 1. The number of aromatic nitrogens is 3. The van der Waals surface area contributed by atoms with Crippen molar-refractivity contribution in [3.63, 3.8) is 0 Å². The first-order chi connectivity index (χ1) is 15.8. The van der Waals surface area contributed by atoms with Gasteiger partial charge in [0.15, 0.2) is 11.0 Å². The molecule has 174 valence electrons. The normalized spacial score (nSPS) is 11.7. The van der Waals surface area contributed by atoms with Gasteiger partial charge in [0.05, 0.1) is 18.9 Å². The standard InChI is InChI=1S/C23H26ClN5O3S/c1-5-29-21(15(3)25-22(31)16-7-10-18(32-4)11-8-16)27-28-23(29)33-13-20(30)26-17-9-6-14(2)19(24)12-17/h6-12,15H,5,13H2,1-4H3,(H,25,31)(H,26,30)/t15-/m0/s1. The van der Waals surface area contributed by atoms with Gasteiger partial charge >= 0.3 is 0 Å². The van der Waals surface area contributed by atoms with Crippen LogP contribution in [-0.4, -0.2) is 39.4 Å². The first-order valence-corrected chi connectivity index (χ1v) is 11.8. The Morgan fingerprint density at radius 3 is 2.55 bits per heavy atom. The number of carbonyl (C=O) groups excluding carboxylic acids is 2. The van der Waals surface area contributed by atoms with Crippen molar-refractivity contribution in [2.75, 3.05) is 18.2 Å². The number of ether oxygens (including phenoxy) is 1. The van der Waals surface area contributed by atoms with Gasteiger partial charge in [0.25, 0.3) is 5.91 Å². The van der Waals surface area contributed by atoms with Crippen molar-refractivity contribution in [2.24, 2.45) is 0 Å². The van der Waals surface area contributed by atoms with Crippen molar-refractivity contribution in [2.45, 2.75) is 38.5 Å². The predicted molar refractivity (Wildman–Crippen MR) is 130 cm³/mol. The van der Waals surface area contributed by atoms with E-state index in [-0.39, 0.29) is 23.6 Å². The van der Waals surface area contributed by atoms with Gasteiger partial charge in [0.2, 0.25) is 5.91 Å². The van der Waals surface area contributed by atoms with Gasteiger partial charge in [-0.05, 0) is 62.7 Å². The number of carbonyl (C=O) groups is 2. The molecule has 10 heteroatoms. The Morgan fingerprint density at radius 1 is 1.18 bits per heavy atom. The van der Waals surface area contributed by atoms with E-state index in [0.29, 0.717) is 39.5 Å². The fraction of sp³-hybridized carbons (Fsp3) is 0.304. The number of thioether (sulfide) groups is 1. The van der Waals surface area contributed by atoms with Crippen molar-refractivity contribution in [3.8, 4) is 5.75 Å². The maximum absolute atomic E-state index is 12.6. The Kier molecular flexibility index (Phi) is 8.35. The summed E-state index contributed by atoms with van der Waals surface area (Å²) in [6, 6.07) is 11.9. The average molecular weight is 488 g/mol. The molecule has 0 radical (unpaired) electrons. The van der Waals surface area contributed by atoms with Crippen LogP contribution in [0, 0.1) is 6.92 Å². The zero-order chi connectivity index (χ0) is 24.0. The number of rotatable bonds is 9. The highest BCUT2D eigenvalue weighted by atomic mass is 35.5. The molecule has 0 unspecified atom stereocenters. The molecule has 0 aliphatic heterocycles. The lowest BCUT2D eigenvalue weighted by molar-refractivity contribution is -0.113. The van der Waals surface area contributed by atoms with E-state index < -0.39 is 0 Å². The lowest BCUT2D eigenvalue weighted by Crippen LogP contribution is -2.28. The number of nitrogens with zero attached hydrogens (tertiary/aromatic N) is 3. The van der Waals surface area contributed by atoms with E-state index in [1.165, 1.54) is 11.8 Å². The van der Waals surface area contributed by atoms with Gasteiger partial charge in [-0.25, -0.2) is 0 Å². The van der Waals surface area contributed by atoms with Gasteiger partial charge in [-0.2, -0.15) is 0 Å². The van der Waals surface area contributed by atoms with Gasteiger partial charge in [-0.1, -0.05) is 29.4 Å². The lowest BCUT2D eigenvalue weighted by Gasteiger charge is -2.15. The Bertz CT molecular complexity index is 1130. The molecule has 0 saturated carbocycles. The summed E-state index contributed by atoms with van der Waals surface area (Å²) in [7, 11) is 1.58. The van der Waals surface area contributed by atoms with E-state index in [1.54, 1.807) is 37.4 Å². The Morgan fingerprint density at radius 2 is 1.91 bits per heavy atom. The quantitative estimate of drug-likeness (QED) is 0.431. The minimum Gasteiger partial charge on any atom is -0.497 e. The lowest BCUT2D eigenvalue weighted by atomic mass is 10.2. The first kappa shape index (κ1) is 24.6. The molecule has 0 aliphatic carbocycles. The van der Waals surface area contributed by atoms with Crippen molar-refractivity contribution in [1.29, 1.82) is 0 Å². The van der Waals surface area contributed by atoms with Crippen molar-refractivity contribution >= 4 is 40.9 Å². The van der Waals surface area contributed by atoms with Crippen LogP contribution >= 0.6 is 23.4 Å². The number of benzene rings is 2. The Hall–Kier alpha value is -3.04. The van der Waals surface area contributed by atoms with Crippen LogP contribution in [0.15, 0.2) is 47.6 Å². The molecule has 8 nitrogen and oxygen atoms in total. The monoisotopic (exact) mass is 487 g/mol. The minimum absolute atomic E-state index is 0.163. The van der Waals surface area contributed by atoms with E-state index in [9.17, 15) is 9.59 Å². The third-order valence-electron chi connectivity index (χ3n) is 4.94. The molecule has 1 aromatic heterocycles. The molecule has 3 rings (SSSR count). The van der Waals surface area contributed by atoms with Crippen molar-refractivity contribution in [1.82, 2.24) is 20.1 Å². The second kappa shape index (κ2) is 11.2. The van der Waals surface area contributed by atoms with Crippen LogP contribution in [0.5, 0.6) is 5.75 Å². The molecular weight excluding hydrogens is 462 g/mol. The third-order valence-corrected chi connectivity index (χ3v) is 6.31. The zero-order valence-corrected chi connectivity index (χ0v) is 20.5. The fourth-order valence-corrected chi connectivity index (χ4v) is 4.10. The van der Waals surface area contributed by atoms with Crippen LogP contribution in [-0.2, 0) is 11.3 Å². The Labute approximate surface area is 202 Å². The molecular formula is C23H26ClN5O3S. The SMILES string of the molecule is CCn1c(SCC(=O)Nc2ccc(C)c(Cl)c2)nnc1[C@H](C)NC(=O)c1ccc(OC)cc1. The van der Waals surface area contributed by atoms with E-state index in [1.807, 2.05) is 37.5 Å². The summed E-state index contributed by atoms with van der Waals surface area (Å²) >= 11 is 7.40. The summed E-state index contributed by atoms with van der Waals surface area (Å²) in [6.07, 6.45) is 0. The van der Waals surface area contributed by atoms with Crippen LogP contribution in [0.25, 0.3) is 0 Å². The summed E-state index contributed by atoms with van der Waals surface area (Å²) in [6.45, 7) is 6.31. The summed E-state index contributed by atoms with van der Waals surface area (Å²) in [5, 5.41) is 15.5. The number of halogens is 1. The molecule has 0 bridgehead atoms. The van der Waals surface area contributed by atoms with E-state index in [2.05, 4.69) is 20.8 Å². The van der Waals surface area contributed by atoms with E-state index in [4.69, 9.17) is 16.3 Å². The van der Waals surface area contributed by atoms with Gasteiger partial charge in [-0.15, -0.1) is 10.2 Å². The maximum atomic E-state index is 12.6. The summed E-state index contributed by atoms with van der Waals surface area (Å²) in [4.78, 5) is 25.0. The van der Waals surface area contributed by atoms with Crippen molar-refractivity contribution in [3.05, 3.63) is 64.4 Å². The number of aryl methyl sites for hydroxylation is 1. The molecule has 0 spiro atoms. The first-order valence-electron chi connectivity index (χ1n) is 10.4. The molecule has 2 aromatic carbocycles. The molecule has 3 aromatic rings. The zero-order valence-electron chi connectivity index (χ0n) is 18.9. The number of hydrogen-bond donors (Lipinski definition) is 2. The van der Waals surface area contributed by atoms with Crippen LogP contribution < -0.4 is 15.4 Å². The van der Waals surface area contributed by atoms with Crippen LogP contribution in [0.2, 0.25) is 5.02 Å². The molecule has 0 aliphatic rings. The summed E-state index contributed by atoms with van der Waals surface area (Å²) in [5.74, 6) is 1.07. The number of amides is 2. The minimum atomic E-state index is -0.370. The number of nitrogens with one attached hydrogen (secondary N) is 2. The highest BCUT2D eigenvalue weighted by molar-refractivity contribution is 7.99. The van der Waals surface area contributed by atoms with Crippen molar-refractivity contribution < 1.29 is 14.3 Å². The van der Waals surface area contributed by atoms with Gasteiger partial charge in [0, 0.05) is 22.8 Å². The largest absolute Gasteiger partial charge is 0.497 e. The highest BCUT2D eigenvalue weighted by Crippen LogP contribution is 2.23. The smallest absolute Gasteiger partial charge is 0.251 e. The van der Waals surface area contributed by atoms with Crippen LogP contribution in [0.4, 0.5) is 5.69 Å². The summed E-state index contributed by atoms with van der Waals surface area (Å²) in [5.41, 5.74) is 2.11. The number of hydrogen-bond acceptors (Lipinski definition) is 6. The van der Waals surface area contributed by atoms with E-state index in [0.717, 1.165) is 5.56 Å². The second-order valence-corrected chi connectivity index (χ2v) is 8.66. The van der Waals surface area contributed by atoms with Gasteiger partial charge < -0.3 is 19.9 Å². The predicted octanol–water partition coefficient (Wildman–Crippen LogP) is 4.49. The topological polar surface area (TPSA) is 98.1 Å². The number of anilines is 1. The molecule has 33 heavy (non-hydrogen) atoms. The average Bonchev–Trinajstić information content (AvgIpc) is 3.23. The highest BCUT2D eigenvalue weighted by Gasteiger charge is 2.20. The molecule has 0 saturated heterocycles. The van der Waals surface area contributed by atoms with Crippen LogP contribution in [0.3, 0.4) is 0 Å². The molecule has 2 amide bonds. The van der Waals surface area contributed by atoms with Gasteiger partial charge in [-0.3, -0.25) is 9.59 Å².